The fourth-order valence-corrected chi connectivity index (χ4v) is 3.34. The highest BCUT2D eigenvalue weighted by molar-refractivity contribution is 7.16. The molecular formula is C13H11N5O2S. The van der Waals surface area contributed by atoms with Crippen LogP contribution >= 0.6 is 11.3 Å². The van der Waals surface area contributed by atoms with Crippen LogP contribution in [0.5, 0.6) is 0 Å². The summed E-state index contributed by atoms with van der Waals surface area (Å²) < 4.78 is 0. The lowest BCUT2D eigenvalue weighted by atomic mass is 10.1. The number of fused-ring (bicyclic) bond motifs is 1. The fourth-order valence-electron chi connectivity index (χ4n) is 2.17. The number of hydrogen-bond donors (Lipinski definition) is 3. The van der Waals surface area contributed by atoms with Crippen molar-refractivity contribution >= 4 is 22.2 Å². The maximum atomic E-state index is 12.1. The van der Waals surface area contributed by atoms with Crippen LogP contribution < -0.4 is 16.2 Å². The molecule has 0 fully saturated rings. The van der Waals surface area contributed by atoms with Crippen molar-refractivity contribution in [1.29, 1.82) is 5.26 Å². The highest BCUT2D eigenvalue weighted by Gasteiger charge is 2.22. The number of hydrogen-bond acceptors (Lipinski definition) is 6. The Morgan fingerprint density at radius 2 is 2.38 bits per heavy atom. The van der Waals surface area contributed by atoms with Crippen LogP contribution in [0, 0.1) is 11.3 Å². The van der Waals surface area contributed by atoms with Crippen LogP contribution in [0.25, 0.3) is 0 Å². The Kier molecular flexibility index (Phi) is 3.51. The quantitative estimate of drug-likeness (QED) is 0.752. The van der Waals surface area contributed by atoms with E-state index in [1.54, 1.807) is 0 Å². The van der Waals surface area contributed by atoms with Gasteiger partial charge in [0.1, 0.15) is 16.8 Å². The van der Waals surface area contributed by atoms with E-state index in [1.165, 1.54) is 17.5 Å². The third-order valence-corrected chi connectivity index (χ3v) is 4.32. The number of nitriles is 1. The predicted octanol–water partition coefficient (Wildman–Crippen LogP) is 0.601. The van der Waals surface area contributed by atoms with Gasteiger partial charge in [0.2, 0.25) is 0 Å². The number of carbonyl (C=O) groups is 1. The first-order valence-electron chi connectivity index (χ1n) is 6.30. The number of H-pyrrole nitrogens is 1. The summed E-state index contributed by atoms with van der Waals surface area (Å²) in [6, 6.07) is 2.16. The molecule has 0 bridgehead atoms. The molecule has 0 aromatic carbocycles. The number of carbonyl (C=O) groups excluding carboxylic acids is 1. The van der Waals surface area contributed by atoms with Gasteiger partial charge in [-0.05, 0) is 18.5 Å². The van der Waals surface area contributed by atoms with Crippen molar-refractivity contribution in [2.24, 2.45) is 0 Å². The van der Waals surface area contributed by atoms with E-state index in [-0.39, 0.29) is 11.3 Å². The number of aromatic amines is 1. The predicted molar refractivity (Wildman–Crippen MR) is 77.3 cm³/mol. The van der Waals surface area contributed by atoms with Gasteiger partial charge in [-0.3, -0.25) is 9.59 Å². The Morgan fingerprint density at radius 3 is 3.10 bits per heavy atom. The zero-order valence-corrected chi connectivity index (χ0v) is 11.7. The van der Waals surface area contributed by atoms with E-state index in [2.05, 4.69) is 26.7 Å². The molecule has 0 aliphatic carbocycles. The number of amides is 1. The van der Waals surface area contributed by atoms with E-state index in [1.807, 2.05) is 0 Å². The van der Waals surface area contributed by atoms with Gasteiger partial charge in [0.15, 0.2) is 0 Å². The Labute approximate surface area is 123 Å². The monoisotopic (exact) mass is 301 g/mol. The SMILES string of the molecule is N#Cc1c(NC(=O)c2c[nH]c(=O)cn2)sc2c1CCNC2. The van der Waals surface area contributed by atoms with Crippen LogP contribution in [-0.2, 0) is 13.0 Å². The van der Waals surface area contributed by atoms with Crippen molar-refractivity contribution in [3.8, 4) is 6.07 Å². The molecule has 0 atom stereocenters. The number of aromatic nitrogens is 2. The smallest absolute Gasteiger partial charge is 0.276 e. The van der Waals surface area contributed by atoms with Gasteiger partial charge >= 0.3 is 0 Å². The Bertz CT molecular complexity index is 781. The van der Waals surface area contributed by atoms with E-state index in [0.717, 1.165) is 29.6 Å². The normalized spacial score (nSPS) is 13.3. The molecule has 1 aliphatic rings. The summed E-state index contributed by atoms with van der Waals surface area (Å²) in [5.41, 5.74) is 1.25. The first-order chi connectivity index (χ1) is 10.2. The summed E-state index contributed by atoms with van der Waals surface area (Å²) in [7, 11) is 0. The summed E-state index contributed by atoms with van der Waals surface area (Å²) in [5.74, 6) is -0.450. The van der Waals surface area contributed by atoms with Gasteiger partial charge in [-0.15, -0.1) is 11.3 Å². The Morgan fingerprint density at radius 1 is 1.52 bits per heavy atom. The largest absolute Gasteiger partial charge is 0.325 e. The average molecular weight is 301 g/mol. The lowest BCUT2D eigenvalue weighted by molar-refractivity contribution is 0.102. The number of nitrogens with zero attached hydrogens (tertiary/aromatic N) is 2. The van der Waals surface area contributed by atoms with Gasteiger partial charge in [-0.25, -0.2) is 4.98 Å². The molecule has 1 amide bonds. The van der Waals surface area contributed by atoms with E-state index in [0.29, 0.717) is 17.1 Å². The molecule has 1 aliphatic heterocycles. The van der Waals surface area contributed by atoms with Crippen molar-refractivity contribution in [2.45, 2.75) is 13.0 Å². The van der Waals surface area contributed by atoms with Gasteiger partial charge in [-0.2, -0.15) is 5.26 Å². The minimum atomic E-state index is -0.450. The van der Waals surface area contributed by atoms with Gasteiger partial charge in [0.25, 0.3) is 11.5 Å². The number of rotatable bonds is 2. The van der Waals surface area contributed by atoms with Gasteiger partial charge in [0, 0.05) is 17.6 Å². The second-order valence-corrected chi connectivity index (χ2v) is 5.60. The van der Waals surface area contributed by atoms with E-state index < -0.39 is 5.91 Å². The topological polar surface area (TPSA) is 111 Å². The summed E-state index contributed by atoms with van der Waals surface area (Å²) >= 11 is 1.40. The van der Waals surface area contributed by atoms with E-state index in [4.69, 9.17) is 0 Å². The van der Waals surface area contributed by atoms with Gasteiger partial charge in [0.05, 0.1) is 11.8 Å². The fraction of sp³-hybridized carbons (Fsp3) is 0.231. The van der Waals surface area contributed by atoms with Crippen LogP contribution in [0.1, 0.15) is 26.5 Å². The van der Waals surface area contributed by atoms with E-state index in [9.17, 15) is 14.9 Å². The average Bonchev–Trinajstić information content (AvgIpc) is 2.84. The molecule has 0 unspecified atom stereocenters. The standard InChI is InChI=1S/C13H11N5O2S/c14-3-8-7-1-2-15-5-10(7)21-13(8)18-12(20)9-4-17-11(19)6-16-9/h4,6,15H,1-2,5H2,(H,17,19)(H,18,20). The third kappa shape index (κ3) is 2.56. The zero-order chi connectivity index (χ0) is 14.8. The second-order valence-electron chi connectivity index (χ2n) is 4.50. The molecule has 3 N–H and O–H groups in total. The molecule has 0 radical (unpaired) electrons. The van der Waals surface area contributed by atoms with E-state index >= 15 is 0 Å². The maximum absolute atomic E-state index is 12.1. The number of nitrogens with one attached hydrogen (secondary N) is 3. The summed E-state index contributed by atoms with van der Waals surface area (Å²) in [5, 5.41) is 15.8. The van der Waals surface area contributed by atoms with Crippen LogP contribution in [0.15, 0.2) is 17.2 Å². The summed E-state index contributed by atoms with van der Waals surface area (Å²) in [4.78, 5) is 30.3. The second kappa shape index (κ2) is 5.47. The van der Waals surface area contributed by atoms with Crippen molar-refractivity contribution in [1.82, 2.24) is 15.3 Å². The molecule has 3 rings (SSSR count). The molecule has 7 nitrogen and oxygen atoms in total. The van der Waals surface area contributed by atoms with Crippen LogP contribution in [0.3, 0.4) is 0 Å². The van der Waals surface area contributed by atoms with Crippen LogP contribution in [0.2, 0.25) is 0 Å². The zero-order valence-electron chi connectivity index (χ0n) is 10.9. The van der Waals surface area contributed by atoms with Crippen molar-refractivity contribution in [2.75, 3.05) is 11.9 Å². The van der Waals surface area contributed by atoms with Crippen molar-refractivity contribution in [3.63, 3.8) is 0 Å². The Balaban J connectivity index is 1.90. The molecule has 8 heteroatoms. The van der Waals surface area contributed by atoms with Crippen LogP contribution in [0.4, 0.5) is 5.00 Å². The highest BCUT2D eigenvalue weighted by atomic mass is 32.1. The minimum Gasteiger partial charge on any atom is -0.325 e. The molecule has 2 aromatic rings. The Hall–Kier alpha value is -2.50. The molecule has 0 saturated carbocycles. The highest BCUT2D eigenvalue weighted by Crippen LogP contribution is 2.34. The molecule has 21 heavy (non-hydrogen) atoms. The summed E-state index contributed by atoms with van der Waals surface area (Å²) in [6.45, 7) is 1.54. The maximum Gasteiger partial charge on any atom is 0.276 e. The minimum absolute atomic E-state index is 0.1000. The van der Waals surface area contributed by atoms with Crippen molar-refractivity contribution < 1.29 is 4.79 Å². The molecule has 0 spiro atoms. The van der Waals surface area contributed by atoms with Crippen molar-refractivity contribution in [3.05, 3.63) is 44.4 Å². The van der Waals surface area contributed by atoms with Crippen LogP contribution in [-0.4, -0.2) is 22.4 Å². The van der Waals surface area contributed by atoms with Gasteiger partial charge < -0.3 is 15.6 Å². The van der Waals surface area contributed by atoms with Gasteiger partial charge in [-0.1, -0.05) is 0 Å². The first kappa shape index (κ1) is 13.5. The lowest BCUT2D eigenvalue weighted by Gasteiger charge is -2.11. The lowest BCUT2D eigenvalue weighted by Crippen LogP contribution is -2.22. The first-order valence-corrected chi connectivity index (χ1v) is 7.12. The molecular weight excluding hydrogens is 290 g/mol. The summed E-state index contributed by atoms with van der Waals surface area (Å²) in [6.07, 6.45) is 3.07. The molecule has 106 valence electrons. The number of anilines is 1. The molecule has 2 aromatic heterocycles. The third-order valence-electron chi connectivity index (χ3n) is 3.17. The molecule has 0 saturated heterocycles. The molecule has 3 heterocycles. The number of thiophene rings is 1.